The summed E-state index contributed by atoms with van der Waals surface area (Å²) in [6.07, 6.45) is 4.60. The molecule has 0 unspecified atom stereocenters. The molecule has 5 nitrogen and oxygen atoms in total. The molecule has 2 rings (SSSR count). The van der Waals surface area contributed by atoms with E-state index in [1.807, 2.05) is 42.1 Å². The molecule has 0 saturated carbocycles. The zero-order valence-electron chi connectivity index (χ0n) is 11.9. The van der Waals surface area contributed by atoms with Gasteiger partial charge >= 0.3 is 0 Å². The lowest BCUT2D eigenvalue weighted by molar-refractivity contribution is 0.0950. The molecule has 0 spiro atoms. The Kier molecular flexibility index (Phi) is 4.76. The maximum Gasteiger partial charge on any atom is 0.253 e. The van der Waals surface area contributed by atoms with Crippen molar-refractivity contribution in [2.24, 2.45) is 7.05 Å². The first-order valence-corrected chi connectivity index (χ1v) is 6.79. The summed E-state index contributed by atoms with van der Waals surface area (Å²) < 4.78 is 1.89. The van der Waals surface area contributed by atoms with Crippen molar-refractivity contribution in [3.05, 3.63) is 48.0 Å². The largest absolute Gasteiger partial charge is 0.384 e. The lowest BCUT2D eigenvalue weighted by atomic mass is 10.1. The molecule has 0 atom stereocenters. The number of nitrogens with one attached hydrogen (secondary N) is 2. The molecule has 1 aromatic carbocycles. The van der Waals surface area contributed by atoms with Gasteiger partial charge in [-0.3, -0.25) is 4.79 Å². The summed E-state index contributed by atoms with van der Waals surface area (Å²) in [7, 11) is 1.91. The van der Waals surface area contributed by atoms with E-state index in [-0.39, 0.29) is 5.91 Å². The van der Waals surface area contributed by atoms with Crippen molar-refractivity contribution >= 4 is 11.6 Å². The Hall–Kier alpha value is -2.30. The van der Waals surface area contributed by atoms with E-state index in [9.17, 15) is 4.79 Å². The second-order valence-corrected chi connectivity index (χ2v) is 4.61. The van der Waals surface area contributed by atoms with E-state index in [2.05, 4.69) is 22.5 Å². The van der Waals surface area contributed by atoms with Crippen LogP contribution >= 0.6 is 0 Å². The second kappa shape index (κ2) is 6.75. The zero-order valence-corrected chi connectivity index (χ0v) is 11.9. The fourth-order valence-electron chi connectivity index (χ4n) is 1.92. The van der Waals surface area contributed by atoms with Crippen LogP contribution < -0.4 is 10.6 Å². The summed E-state index contributed by atoms with van der Waals surface area (Å²) in [5.41, 5.74) is 1.53. The number of carbonyl (C=O) groups is 1. The molecule has 0 aliphatic rings. The number of imidazole rings is 1. The number of benzene rings is 1. The van der Waals surface area contributed by atoms with Crippen LogP contribution in [0.3, 0.4) is 0 Å². The van der Waals surface area contributed by atoms with E-state index in [0.717, 1.165) is 24.5 Å². The number of nitrogens with zero attached hydrogens (tertiary/aromatic N) is 2. The predicted octanol–water partition coefficient (Wildman–Crippen LogP) is 2.17. The average molecular weight is 272 g/mol. The predicted molar refractivity (Wildman–Crippen MR) is 79.6 cm³/mol. The first-order valence-electron chi connectivity index (χ1n) is 6.79. The summed E-state index contributed by atoms with van der Waals surface area (Å²) in [5, 5.41) is 6.16. The molecule has 0 aliphatic carbocycles. The van der Waals surface area contributed by atoms with E-state index < -0.39 is 0 Å². The monoisotopic (exact) mass is 272 g/mol. The molecular formula is C15H20N4O. The number of rotatable bonds is 6. The summed E-state index contributed by atoms with van der Waals surface area (Å²) >= 11 is 0. The first kappa shape index (κ1) is 14.1. The van der Waals surface area contributed by atoms with Gasteiger partial charge in [-0.15, -0.1) is 0 Å². The van der Waals surface area contributed by atoms with Crippen molar-refractivity contribution in [2.45, 2.75) is 19.9 Å². The Bertz CT molecular complexity index is 577. The molecule has 20 heavy (non-hydrogen) atoms. The SMILES string of the molecule is CCCNc1ccccc1C(=O)NCc1nccn1C. The van der Waals surface area contributed by atoms with Gasteiger partial charge in [0.15, 0.2) is 0 Å². The van der Waals surface area contributed by atoms with Crippen molar-refractivity contribution in [3.8, 4) is 0 Å². The Balaban J connectivity index is 2.03. The quantitative estimate of drug-likeness (QED) is 0.847. The fraction of sp³-hybridized carbons (Fsp3) is 0.333. The number of hydrogen-bond acceptors (Lipinski definition) is 3. The molecule has 5 heteroatoms. The molecule has 0 saturated heterocycles. The highest BCUT2D eigenvalue weighted by atomic mass is 16.1. The highest BCUT2D eigenvalue weighted by molar-refractivity contribution is 5.99. The zero-order chi connectivity index (χ0) is 14.4. The highest BCUT2D eigenvalue weighted by Gasteiger charge is 2.11. The number of aryl methyl sites for hydroxylation is 1. The smallest absolute Gasteiger partial charge is 0.253 e. The third-order valence-corrected chi connectivity index (χ3v) is 3.07. The van der Waals surface area contributed by atoms with Crippen LogP contribution in [0.1, 0.15) is 29.5 Å². The van der Waals surface area contributed by atoms with Crippen molar-refractivity contribution in [1.82, 2.24) is 14.9 Å². The molecular weight excluding hydrogens is 252 g/mol. The van der Waals surface area contributed by atoms with Crippen molar-refractivity contribution in [2.75, 3.05) is 11.9 Å². The van der Waals surface area contributed by atoms with Gasteiger partial charge in [0, 0.05) is 31.7 Å². The summed E-state index contributed by atoms with van der Waals surface area (Å²) in [5.74, 6) is 0.740. The molecule has 0 fully saturated rings. The minimum atomic E-state index is -0.0906. The van der Waals surface area contributed by atoms with Gasteiger partial charge in [0.05, 0.1) is 12.1 Å². The van der Waals surface area contributed by atoms with Gasteiger partial charge in [0.25, 0.3) is 5.91 Å². The van der Waals surface area contributed by atoms with E-state index in [1.54, 1.807) is 6.20 Å². The van der Waals surface area contributed by atoms with Gasteiger partial charge in [-0.1, -0.05) is 19.1 Å². The van der Waals surface area contributed by atoms with Crippen LogP contribution in [0.25, 0.3) is 0 Å². The first-order chi connectivity index (χ1) is 9.72. The van der Waals surface area contributed by atoms with Gasteiger partial charge in [-0.05, 0) is 18.6 Å². The molecule has 0 bridgehead atoms. The van der Waals surface area contributed by atoms with Crippen LogP contribution in [0.4, 0.5) is 5.69 Å². The Morgan fingerprint density at radius 1 is 1.35 bits per heavy atom. The normalized spacial score (nSPS) is 10.3. The highest BCUT2D eigenvalue weighted by Crippen LogP contribution is 2.14. The number of para-hydroxylation sites is 1. The lowest BCUT2D eigenvalue weighted by Gasteiger charge is -2.11. The van der Waals surface area contributed by atoms with Crippen LogP contribution in [0.2, 0.25) is 0 Å². The molecule has 1 heterocycles. The van der Waals surface area contributed by atoms with Gasteiger partial charge in [0.2, 0.25) is 0 Å². The number of anilines is 1. The van der Waals surface area contributed by atoms with Gasteiger partial charge < -0.3 is 15.2 Å². The third kappa shape index (κ3) is 3.38. The van der Waals surface area contributed by atoms with Crippen LogP contribution in [0.5, 0.6) is 0 Å². The minimum Gasteiger partial charge on any atom is -0.384 e. The second-order valence-electron chi connectivity index (χ2n) is 4.61. The molecule has 106 valence electrons. The topological polar surface area (TPSA) is 59.0 Å². The van der Waals surface area contributed by atoms with Gasteiger partial charge in [-0.2, -0.15) is 0 Å². The fourth-order valence-corrected chi connectivity index (χ4v) is 1.92. The Morgan fingerprint density at radius 2 is 2.15 bits per heavy atom. The van der Waals surface area contributed by atoms with E-state index >= 15 is 0 Å². The maximum atomic E-state index is 12.2. The maximum absolute atomic E-state index is 12.2. The Morgan fingerprint density at radius 3 is 2.85 bits per heavy atom. The van der Waals surface area contributed by atoms with Crippen LogP contribution in [-0.4, -0.2) is 22.0 Å². The lowest BCUT2D eigenvalue weighted by Crippen LogP contribution is -2.25. The average Bonchev–Trinajstić information content (AvgIpc) is 2.88. The van der Waals surface area contributed by atoms with E-state index in [0.29, 0.717) is 12.1 Å². The number of carbonyl (C=O) groups excluding carboxylic acids is 1. The third-order valence-electron chi connectivity index (χ3n) is 3.07. The van der Waals surface area contributed by atoms with Crippen LogP contribution in [-0.2, 0) is 13.6 Å². The number of aromatic nitrogens is 2. The van der Waals surface area contributed by atoms with Crippen LogP contribution in [0, 0.1) is 0 Å². The molecule has 0 radical (unpaired) electrons. The van der Waals surface area contributed by atoms with Gasteiger partial charge in [-0.25, -0.2) is 4.98 Å². The van der Waals surface area contributed by atoms with E-state index in [1.165, 1.54) is 0 Å². The summed E-state index contributed by atoms with van der Waals surface area (Å²) in [6.45, 7) is 3.37. The summed E-state index contributed by atoms with van der Waals surface area (Å²) in [4.78, 5) is 16.4. The summed E-state index contributed by atoms with van der Waals surface area (Å²) in [6, 6.07) is 7.54. The van der Waals surface area contributed by atoms with E-state index in [4.69, 9.17) is 0 Å². The number of hydrogen-bond donors (Lipinski definition) is 2. The number of amides is 1. The standard InChI is InChI=1S/C15H20N4O/c1-3-8-16-13-7-5-4-6-12(13)15(20)18-11-14-17-9-10-19(14)2/h4-7,9-10,16H,3,8,11H2,1-2H3,(H,18,20). The van der Waals surface area contributed by atoms with Crippen molar-refractivity contribution < 1.29 is 4.79 Å². The minimum absolute atomic E-state index is 0.0906. The van der Waals surface area contributed by atoms with Crippen LogP contribution in [0.15, 0.2) is 36.7 Å². The molecule has 1 amide bonds. The molecule has 2 aromatic rings. The Labute approximate surface area is 119 Å². The molecule has 1 aromatic heterocycles. The van der Waals surface area contributed by atoms with Crippen molar-refractivity contribution in [3.63, 3.8) is 0 Å². The van der Waals surface area contributed by atoms with Gasteiger partial charge in [0.1, 0.15) is 5.82 Å². The molecule has 0 aliphatic heterocycles. The molecule has 2 N–H and O–H groups in total. The van der Waals surface area contributed by atoms with Crippen molar-refractivity contribution in [1.29, 1.82) is 0 Å².